The molecule has 106 valence electrons. The number of hydrogen-bond acceptors (Lipinski definition) is 3. The van der Waals surface area contributed by atoms with Crippen LogP contribution in [0.4, 0.5) is 0 Å². The van der Waals surface area contributed by atoms with Gasteiger partial charge in [0.1, 0.15) is 5.75 Å². The van der Waals surface area contributed by atoms with E-state index in [9.17, 15) is 0 Å². The van der Waals surface area contributed by atoms with E-state index in [1.807, 2.05) is 6.07 Å². The summed E-state index contributed by atoms with van der Waals surface area (Å²) in [5, 5.41) is 5.63. The molecule has 20 heavy (non-hydrogen) atoms. The van der Waals surface area contributed by atoms with Gasteiger partial charge in [-0.05, 0) is 41.6 Å². The molecule has 1 N–H and O–H groups in total. The molecule has 0 saturated carbocycles. The average Bonchev–Trinajstić information content (AvgIpc) is 3.03. The first-order valence-corrected chi connectivity index (χ1v) is 8.60. The van der Waals surface area contributed by atoms with Crippen LogP contribution in [0.2, 0.25) is 4.34 Å². The fraction of sp³-hybridized carbons (Fsp3) is 0.333. The van der Waals surface area contributed by atoms with E-state index in [0.29, 0.717) is 0 Å². The molecule has 1 aliphatic rings. The van der Waals surface area contributed by atoms with E-state index in [-0.39, 0.29) is 6.04 Å². The molecule has 0 radical (unpaired) electrons. The van der Waals surface area contributed by atoms with E-state index >= 15 is 0 Å². The summed E-state index contributed by atoms with van der Waals surface area (Å²) >= 11 is 11.1. The van der Waals surface area contributed by atoms with Crippen LogP contribution in [0.5, 0.6) is 5.75 Å². The number of rotatable bonds is 4. The van der Waals surface area contributed by atoms with Crippen LogP contribution in [0, 0.1) is 0 Å². The average molecular weight is 373 g/mol. The number of halogens is 2. The van der Waals surface area contributed by atoms with E-state index in [4.69, 9.17) is 16.3 Å². The third kappa shape index (κ3) is 3.03. The van der Waals surface area contributed by atoms with Crippen molar-refractivity contribution in [1.82, 2.24) is 5.32 Å². The molecular formula is C15H15BrClNOS. The zero-order chi connectivity index (χ0) is 14.1. The van der Waals surface area contributed by atoms with Gasteiger partial charge in [0.25, 0.3) is 0 Å². The summed E-state index contributed by atoms with van der Waals surface area (Å²) < 4.78 is 7.70. The smallest absolute Gasteiger partial charge is 0.127 e. The number of thiophene rings is 1. The van der Waals surface area contributed by atoms with Crippen LogP contribution in [0.15, 0.2) is 28.1 Å². The minimum atomic E-state index is 0.273. The quantitative estimate of drug-likeness (QED) is 0.820. The van der Waals surface area contributed by atoms with Crippen LogP contribution in [-0.4, -0.2) is 6.61 Å². The van der Waals surface area contributed by atoms with Crippen molar-refractivity contribution in [3.63, 3.8) is 0 Å². The second-order valence-corrected chi connectivity index (χ2v) is 7.40. The van der Waals surface area contributed by atoms with Gasteiger partial charge in [-0.25, -0.2) is 0 Å². The molecule has 2 heterocycles. The lowest BCUT2D eigenvalue weighted by molar-refractivity contribution is 0.351. The summed E-state index contributed by atoms with van der Waals surface area (Å²) in [6.45, 7) is 3.72. The van der Waals surface area contributed by atoms with Crippen molar-refractivity contribution in [1.29, 1.82) is 0 Å². The van der Waals surface area contributed by atoms with Gasteiger partial charge < -0.3 is 10.1 Å². The molecule has 5 heteroatoms. The Morgan fingerprint density at radius 2 is 2.30 bits per heavy atom. The van der Waals surface area contributed by atoms with Crippen LogP contribution in [0.1, 0.15) is 29.7 Å². The molecule has 1 atom stereocenters. The summed E-state index contributed by atoms with van der Waals surface area (Å²) in [5.41, 5.74) is 3.73. The van der Waals surface area contributed by atoms with Crippen LogP contribution < -0.4 is 10.1 Å². The van der Waals surface area contributed by atoms with E-state index < -0.39 is 0 Å². The Hall–Kier alpha value is -0.550. The van der Waals surface area contributed by atoms with Crippen LogP contribution in [0.25, 0.3) is 0 Å². The summed E-state index contributed by atoms with van der Waals surface area (Å²) in [5.74, 6) is 1.05. The first kappa shape index (κ1) is 14.4. The summed E-state index contributed by atoms with van der Waals surface area (Å²) in [6.07, 6.45) is 0.997. The van der Waals surface area contributed by atoms with Crippen molar-refractivity contribution >= 4 is 38.9 Å². The predicted molar refractivity (Wildman–Crippen MR) is 87.9 cm³/mol. The van der Waals surface area contributed by atoms with Crippen molar-refractivity contribution in [3.05, 3.63) is 49.1 Å². The summed E-state index contributed by atoms with van der Waals surface area (Å²) in [6, 6.07) is 6.57. The second-order valence-electron chi connectivity index (χ2n) is 4.94. The minimum Gasteiger partial charge on any atom is -0.493 e. The highest BCUT2D eigenvalue weighted by Gasteiger charge is 2.18. The molecule has 2 nitrogen and oxygen atoms in total. The SMILES string of the molecule is CC(NCc1cc(Br)cc2c1OCC2)c1csc(Cl)c1. The van der Waals surface area contributed by atoms with Gasteiger partial charge >= 0.3 is 0 Å². The zero-order valence-corrected chi connectivity index (χ0v) is 14.2. The predicted octanol–water partition coefficient (Wildman–Crippen LogP) is 4.95. The van der Waals surface area contributed by atoms with E-state index in [0.717, 1.165) is 34.1 Å². The van der Waals surface area contributed by atoms with Gasteiger partial charge in [-0.15, -0.1) is 11.3 Å². The molecule has 1 unspecified atom stereocenters. The van der Waals surface area contributed by atoms with Crippen molar-refractivity contribution in [3.8, 4) is 5.75 Å². The first-order chi connectivity index (χ1) is 9.63. The lowest BCUT2D eigenvalue weighted by Crippen LogP contribution is -2.18. The Kier molecular flexibility index (Phi) is 4.36. The van der Waals surface area contributed by atoms with Gasteiger partial charge in [0.05, 0.1) is 10.9 Å². The van der Waals surface area contributed by atoms with Gasteiger partial charge in [0.2, 0.25) is 0 Å². The molecule has 1 aliphatic heterocycles. The Labute approximate surface area is 136 Å². The molecule has 0 saturated heterocycles. The van der Waals surface area contributed by atoms with Crippen molar-refractivity contribution in [2.45, 2.75) is 25.9 Å². The Morgan fingerprint density at radius 3 is 3.05 bits per heavy atom. The monoisotopic (exact) mass is 371 g/mol. The molecule has 2 aromatic rings. The Bertz CT molecular complexity index is 628. The number of nitrogens with one attached hydrogen (secondary N) is 1. The van der Waals surface area contributed by atoms with Crippen LogP contribution in [-0.2, 0) is 13.0 Å². The Balaban J connectivity index is 1.73. The van der Waals surface area contributed by atoms with Gasteiger partial charge in [0, 0.05) is 29.0 Å². The van der Waals surface area contributed by atoms with Gasteiger partial charge in [-0.3, -0.25) is 0 Å². The number of ether oxygens (including phenoxy) is 1. The molecule has 0 spiro atoms. The maximum Gasteiger partial charge on any atom is 0.127 e. The second kappa shape index (κ2) is 6.06. The topological polar surface area (TPSA) is 21.3 Å². The molecule has 0 fully saturated rings. The molecular weight excluding hydrogens is 358 g/mol. The number of fused-ring (bicyclic) bond motifs is 1. The van der Waals surface area contributed by atoms with Gasteiger partial charge in [0.15, 0.2) is 0 Å². The summed E-state index contributed by atoms with van der Waals surface area (Å²) in [7, 11) is 0. The molecule has 0 bridgehead atoms. The highest BCUT2D eigenvalue weighted by Crippen LogP contribution is 2.33. The normalized spacial score (nSPS) is 14.9. The molecule has 1 aromatic heterocycles. The van der Waals surface area contributed by atoms with Crippen molar-refractivity contribution in [2.75, 3.05) is 6.61 Å². The third-order valence-corrected chi connectivity index (χ3v) is 5.08. The van der Waals surface area contributed by atoms with Crippen LogP contribution >= 0.6 is 38.9 Å². The van der Waals surface area contributed by atoms with E-state index in [1.165, 1.54) is 16.7 Å². The maximum atomic E-state index is 5.98. The first-order valence-electron chi connectivity index (χ1n) is 6.55. The van der Waals surface area contributed by atoms with Gasteiger partial charge in [-0.1, -0.05) is 27.5 Å². The molecule has 1 aromatic carbocycles. The fourth-order valence-electron chi connectivity index (χ4n) is 2.41. The van der Waals surface area contributed by atoms with Gasteiger partial charge in [-0.2, -0.15) is 0 Å². The summed E-state index contributed by atoms with van der Waals surface area (Å²) in [4.78, 5) is 0. The van der Waals surface area contributed by atoms with Crippen LogP contribution in [0.3, 0.4) is 0 Å². The highest BCUT2D eigenvalue weighted by atomic mass is 79.9. The minimum absolute atomic E-state index is 0.273. The number of hydrogen-bond donors (Lipinski definition) is 1. The van der Waals surface area contributed by atoms with E-state index in [1.54, 1.807) is 11.3 Å². The Morgan fingerprint density at radius 1 is 1.45 bits per heavy atom. The van der Waals surface area contributed by atoms with Crippen molar-refractivity contribution in [2.24, 2.45) is 0 Å². The standard InChI is InChI=1S/C15H15BrClNOS/c1-9(12-6-14(17)20-8-12)18-7-11-5-13(16)4-10-2-3-19-15(10)11/h4-6,8-9,18H,2-3,7H2,1H3. The molecule has 0 amide bonds. The number of benzene rings is 1. The molecule has 0 aliphatic carbocycles. The lowest BCUT2D eigenvalue weighted by atomic mass is 10.1. The lowest BCUT2D eigenvalue weighted by Gasteiger charge is -2.15. The molecule has 3 rings (SSSR count). The fourth-order valence-corrected chi connectivity index (χ4v) is 3.95. The van der Waals surface area contributed by atoms with Crippen molar-refractivity contribution < 1.29 is 4.74 Å². The van der Waals surface area contributed by atoms with E-state index in [2.05, 4.69) is 45.7 Å². The highest BCUT2D eigenvalue weighted by molar-refractivity contribution is 9.10. The third-order valence-electron chi connectivity index (χ3n) is 3.51. The maximum absolute atomic E-state index is 5.98. The largest absolute Gasteiger partial charge is 0.493 e. The zero-order valence-electron chi connectivity index (χ0n) is 11.1.